The molecular weight excluding hydrogens is 326 g/mol. The van der Waals surface area contributed by atoms with E-state index in [-0.39, 0.29) is 36.4 Å². The van der Waals surface area contributed by atoms with E-state index in [2.05, 4.69) is 5.32 Å². The van der Waals surface area contributed by atoms with Crippen LogP contribution in [0.3, 0.4) is 0 Å². The largest absolute Gasteiger partial charge is 0.346 e. The lowest BCUT2D eigenvalue weighted by Crippen LogP contribution is -2.48. The van der Waals surface area contributed by atoms with Crippen LogP contribution in [0.15, 0.2) is 24.3 Å². The molecule has 1 aliphatic carbocycles. The van der Waals surface area contributed by atoms with Gasteiger partial charge in [0.15, 0.2) is 0 Å². The highest BCUT2D eigenvalue weighted by atomic mass is 35.5. The van der Waals surface area contributed by atoms with Crippen LogP contribution in [0, 0.1) is 5.92 Å². The van der Waals surface area contributed by atoms with E-state index in [1.807, 2.05) is 49.9 Å². The first kappa shape index (κ1) is 18.7. The summed E-state index contributed by atoms with van der Waals surface area (Å²) in [6.07, 6.45) is 1.97. The monoisotopic (exact) mass is 351 g/mol. The summed E-state index contributed by atoms with van der Waals surface area (Å²) in [6, 6.07) is 7.03. The maximum Gasteiger partial charge on any atom is 0.242 e. The lowest BCUT2D eigenvalue weighted by Gasteiger charge is -2.30. The van der Waals surface area contributed by atoms with E-state index in [4.69, 9.17) is 17.3 Å². The second-order valence-corrected chi connectivity index (χ2v) is 7.12. The lowest BCUT2D eigenvalue weighted by molar-refractivity contribution is -0.135. The molecule has 5 nitrogen and oxygen atoms in total. The molecule has 3 N–H and O–H groups in total. The van der Waals surface area contributed by atoms with E-state index < -0.39 is 6.04 Å². The summed E-state index contributed by atoms with van der Waals surface area (Å²) in [5.74, 6) is -0.365. The van der Waals surface area contributed by atoms with Crippen molar-refractivity contribution in [1.29, 1.82) is 0 Å². The number of halogens is 1. The summed E-state index contributed by atoms with van der Waals surface area (Å²) >= 11 is 6.27. The van der Waals surface area contributed by atoms with Crippen molar-refractivity contribution in [2.24, 2.45) is 11.7 Å². The molecular formula is C18H26ClN3O2. The second kappa shape index (κ2) is 7.99. The second-order valence-electron chi connectivity index (χ2n) is 6.72. The molecule has 1 fully saturated rings. The molecule has 132 valence electrons. The number of hydrogen-bond donors (Lipinski definition) is 2. The topological polar surface area (TPSA) is 75.4 Å². The van der Waals surface area contributed by atoms with E-state index >= 15 is 0 Å². The third-order valence-electron chi connectivity index (χ3n) is 4.44. The zero-order valence-corrected chi connectivity index (χ0v) is 15.2. The van der Waals surface area contributed by atoms with E-state index in [1.54, 1.807) is 0 Å². The third-order valence-corrected chi connectivity index (χ3v) is 4.78. The molecule has 0 saturated heterocycles. The lowest BCUT2D eigenvalue weighted by atomic mass is 10.0. The van der Waals surface area contributed by atoms with Gasteiger partial charge in [0.25, 0.3) is 0 Å². The van der Waals surface area contributed by atoms with Crippen LogP contribution in [0.1, 0.15) is 45.2 Å². The number of nitrogens with zero attached hydrogens (tertiary/aromatic N) is 1. The molecule has 1 aromatic rings. The molecule has 2 rings (SSSR count). The maximum absolute atomic E-state index is 12.7. The van der Waals surface area contributed by atoms with E-state index in [9.17, 15) is 9.59 Å². The Kier molecular flexibility index (Phi) is 6.24. The highest BCUT2D eigenvalue weighted by Crippen LogP contribution is 2.36. The Balaban J connectivity index is 2.04. The molecule has 0 spiro atoms. The average molecular weight is 352 g/mol. The van der Waals surface area contributed by atoms with Gasteiger partial charge >= 0.3 is 0 Å². The van der Waals surface area contributed by atoms with Crippen molar-refractivity contribution in [2.75, 3.05) is 6.54 Å². The van der Waals surface area contributed by atoms with Gasteiger partial charge in [-0.25, -0.2) is 0 Å². The summed E-state index contributed by atoms with van der Waals surface area (Å²) in [5.41, 5.74) is 6.73. The number of rotatable bonds is 7. The van der Waals surface area contributed by atoms with Crippen LogP contribution in [-0.2, 0) is 9.59 Å². The van der Waals surface area contributed by atoms with Crippen molar-refractivity contribution in [2.45, 2.75) is 51.7 Å². The predicted octanol–water partition coefficient (Wildman–Crippen LogP) is 2.49. The molecule has 1 aromatic carbocycles. The van der Waals surface area contributed by atoms with Crippen molar-refractivity contribution in [3.05, 3.63) is 34.9 Å². The van der Waals surface area contributed by atoms with Gasteiger partial charge in [-0.15, -0.1) is 0 Å². The zero-order valence-electron chi connectivity index (χ0n) is 14.5. The van der Waals surface area contributed by atoms with Gasteiger partial charge in [0.1, 0.15) is 0 Å². The number of carbonyl (C=O) groups is 2. The Morgan fingerprint density at radius 1 is 1.29 bits per heavy atom. The average Bonchev–Trinajstić information content (AvgIpc) is 3.37. The minimum Gasteiger partial charge on any atom is -0.346 e. The highest BCUT2D eigenvalue weighted by Gasteiger charge is 2.36. The van der Waals surface area contributed by atoms with Crippen LogP contribution in [-0.4, -0.2) is 35.3 Å². The molecule has 0 heterocycles. The minimum absolute atomic E-state index is 0.0293. The summed E-state index contributed by atoms with van der Waals surface area (Å²) in [5, 5.41) is 3.31. The zero-order chi connectivity index (χ0) is 17.9. The van der Waals surface area contributed by atoms with Crippen LogP contribution in [0.4, 0.5) is 0 Å². The van der Waals surface area contributed by atoms with Gasteiger partial charge in [-0.2, -0.15) is 0 Å². The number of amides is 2. The quantitative estimate of drug-likeness (QED) is 0.792. The van der Waals surface area contributed by atoms with E-state index in [0.717, 1.165) is 18.4 Å². The fraction of sp³-hybridized carbons (Fsp3) is 0.556. The number of carbonyl (C=O) groups excluding carboxylic acids is 2. The van der Waals surface area contributed by atoms with Crippen LogP contribution < -0.4 is 11.1 Å². The SMILES string of the molecule is CC(C)[C@H](N)C(=O)NCC(=O)N(C1CC1)C(C)c1ccccc1Cl. The molecule has 1 saturated carbocycles. The van der Waals surface area contributed by atoms with E-state index in [0.29, 0.717) is 5.02 Å². The molecule has 0 radical (unpaired) electrons. The van der Waals surface area contributed by atoms with Crippen LogP contribution in [0.25, 0.3) is 0 Å². The number of benzene rings is 1. The number of nitrogens with one attached hydrogen (secondary N) is 1. The van der Waals surface area contributed by atoms with Crippen LogP contribution in [0.5, 0.6) is 0 Å². The van der Waals surface area contributed by atoms with Gasteiger partial charge in [0.2, 0.25) is 11.8 Å². The first-order valence-corrected chi connectivity index (χ1v) is 8.79. The number of hydrogen-bond acceptors (Lipinski definition) is 3. The predicted molar refractivity (Wildman–Crippen MR) is 95.6 cm³/mol. The normalized spacial score (nSPS) is 16.6. The number of nitrogens with two attached hydrogens (primary N) is 1. The molecule has 0 aromatic heterocycles. The van der Waals surface area contributed by atoms with Crippen LogP contribution >= 0.6 is 11.6 Å². The van der Waals surface area contributed by atoms with Gasteiger partial charge in [0, 0.05) is 11.1 Å². The molecule has 0 aliphatic heterocycles. The molecule has 2 amide bonds. The van der Waals surface area contributed by atoms with E-state index in [1.165, 1.54) is 0 Å². The first-order valence-electron chi connectivity index (χ1n) is 8.41. The molecule has 2 atom stereocenters. The Labute approximate surface area is 148 Å². The fourth-order valence-corrected chi connectivity index (χ4v) is 3.02. The van der Waals surface area contributed by atoms with Crippen molar-refractivity contribution < 1.29 is 9.59 Å². The van der Waals surface area contributed by atoms with Gasteiger partial charge in [-0.3, -0.25) is 9.59 Å². The van der Waals surface area contributed by atoms with Crippen molar-refractivity contribution in [3.8, 4) is 0 Å². The Hall–Kier alpha value is -1.59. The van der Waals surface area contributed by atoms with Crippen LogP contribution in [0.2, 0.25) is 5.02 Å². The Morgan fingerprint density at radius 3 is 2.46 bits per heavy atom. The smallest absolute Gasteiger partial charge is 0.242 e. The minimum atomic E-state index is -0.604. The molecule has 1 aliphatic rings. The molecule has 1 unspecified atom stereocenters. The summed E-state index contributed by atoms with van der Waals surface area (Å²) in [6.45, 7) is 5.69. The maximum atomic E-state index is 12.7. The molecule has 24 heavy (non-hydrogen) atoms. The Morgan fingerprint density at radius 2 is 1.92 bits per heavy atom. The first-order chi connectivity index (χ1) is 11.3. The third kappa shape index (κ3) is 4.48. The molecule has 0 bridgehead atoms. The highest BCUT2D eigenvalue weighted by molar-refractivity contribution is 6.31. The van der Waals surface area contributed by atoms with Gasteiger partial charge in [-0.05, 0) is 37.3 Å². The van der Waals surface area contributed by atoms with Crippen molar-refractivity contribution in [3.63, 3.8) is 0 Å². The van der Waals surface area contributed by atoms with Crippen molar-refractivity contribution >= 4 is 23.4 Å². The summed E-state index contributed by atoms with van der Waals surface area (Å²) in [4.78, 5) is 26.5. The van der Waals surface area contributed by atoms with Gasteiger partial charge < -0.3 is 16.0 Å². The van der Waals surface area contributed by atoms with Crippen molar-refractivity contribution in [1.82, 2.24) is 10.2 Å². The molecule has 6 heteroatoms. The summed E-state index contributed by atoms with van der Waals surface area (Å²) in [7, 11) is 0. The standard InChI is InChI=1S/C18H26ClN3O2/c1-11(2)17(20)18(24)21-10-16(23)22(13-8-9-13)12(3)14-6-4-5-7-15(14)19/h4-7,11-13,17H,8-10,20H2,1-3H3,(H,21,24)/t12?,17-/m0/s1. The summed E-state index contributed by atoms with van der Waals surface area (Å²) < 4.78 is 0. The van der Waals surface area contributed by atoms with Gasteiger partial charge in [-0.1, -0.05) is 43.6 Å². The van der Waals surface area contributed by atoms with Gasteiger partial charge in [0.05, 0.1) is 18.6 Å². The fourth-order valence-electron chi connectivity index (χ4n) is 2.73. The Bertz CT molecular complexity index is 602.